The van der Waals surface area contributed by atoms with Crippen molar-refractivity contribution in [3.05, 3.63) is 35.1 Å². The van der Waals surface area contributed by atoms with Gasteiger partial charge in [0.15, 0.2) is 5.84 Å². The molecule has 1 saturated heterocycles. The van der Waals surface area contributed by atoms with Crippen molar-refractivity contribution >= 4 is 17.6 Å². The highest BCUT2D eigenvalue weighted by molar-refractivity contribution is 7.99. The number of nitrogens with zero attached hydrogens (tertiary/aromatic N) is 1. The van der Waals surface area contributed by atoms with E-state index >= 15 is 0 Å². The molecule has 1 aliphatic rings. The van der Waals surface area contributed by atoms with E-state index in [1.807, 2.05) is 11.8 Å². The van der Waals surface area contributed by atoms with Crippen LogP contribution in [-0.4, -0.2) is 29.1 Å². The van der Waals surface area contributed by atoms with Crippen LogP contribution in [0.2, 0.25) is 0 Å². The smallest absolute Gasteiger partial charge is 0.173 e. The number of halogens is 1. The molecule has 1 aromatic rings. The second kappa shape index (κ2) is 7.50. The minimum Gasteiger partial charge on any atom is -0.409 e. The molecule has 0 saturated carbocycles. The molecule has 20 heavy (non-hydrogen) atoms. The fraction of sp³-hybridized carbons (Fsp3) is 0.500. The summed E-state index contributed by atoms with van der Waals surface area (Å²) in [5.74, 6) is 2.51. The molecule has 1 aliphatic heterocycles. The van der Waals surface area contributed by atoms with Crippen LogP contribution in [0, 0.1) is 11.7 Å². The van der Waals surface area contributed by atoms with Crippen molar-refractivity contribution in [1.82, 2.24) is 5.32 Å². The number of benzene rings is 1. The van der Waals surface area contributed by atoms with Crippen molar-refractivity contribution in [2.24, 2.45) is 16.8 Å². The van der Waals surface area contributed by atoms with E-state index in [9.17, 15) is 4.39 Å². The molecular formula is C14H20FN3OS. The van der Waals surface area contributed by atoms with Crippen LogP contribution in [0.15, 0.2) is 23.4 Å². The molecule has 1 aromatic carbocycles. The first-order valence-corrected chi connectivity index (χ1v) is 7.91. The van der Waals surface area contributed by atoms with Gasteiger partial charge >= 0.3 is 0 Å². The first-order valence-electron chi connectivity index (χ1n) is 6.76. The Morgan fingerprint density at radius 2 is 2.20 bits per heavy atom. The van der Waals surface area contributed by atoms with Crippen molar-refractivity contribution in [2.75, 3.05) is 18.1 Å². The molecule has 4 nitrogen and oxygen atoms in total. The SMILES string of the molecule is N/C(=N/O)c1cccc(CNCC2CCSCC2)c1F. The van der Waals surface area contributed by atoms with Gasteiger partial charge in [-0.15, -0.1) is 0 Å². The minimum atomic E-state index is -0.422. The van der Waals surface area contributed by atoms with E-state index in [2.05, 4.69) is 10.5 Å². The number of rotatable bonds is 5. The van der Waals surface area contributed by atoms with Crippen LogP contribution in [0.3, 0.4) is 0 Å². The van der Waals surface area contributed by atoms with E-state index in [0.29, 0.717) is 18.0 Å². The lowest BCUT2D eigenvalue weighted by Crippen LogP contribution is -2.26. The number of hydrogen-bond acceptors (Lipinski definition) is 4. The summed E-state index contributed by atoms with van der Waals surface area (Å²) in [6.45, 7) is 1.37. The molecule has 1 heterocycles. The van der Waals surface area contributed by atoms with Gasteiger partial charge in [0.05, 0.1) is 5.56 Å². The zero-order chi connectivity index (χ0) is 14.4. The normalized spacial score (nSPS) is 17.4. The number of hydrogen-bond donors (Lipinski definition) is 3. The van der Waals surface area contributed by atoms with Crippen LogP contribution < -0.4 is 11.1 Å². The molecule has 6 heteroatoms. The van der Waals surface area contributed by atoms with Crippen molar-refractivity contribution < 1.29 is 9.60 Å². The highest BCUT2D eigenvalue weighted by atomic mass is 32.2. The molecule has 0 bridgehead atoms. The number of thioether (sulfide) groups is 1. The predicted molar refractivity (Wildman–Crippen MR) is 80.7 cm³/mol. The summed E-state index contributed by atoms with van der Waals surface area (Å²) in [6, 6.07) is 4.93. The van der Waals surface area contributed by atoms with Gasteiger partial charge in [0.1, 0.15) is 5.82 Å². The average Bonchev–Trinajstić information content (AvgIpc) is 2.49. The second-order valence-electron chi connectivity index (χ2n) is 4.95. The predicted octanol–water partition coefficient (Wildman–Crippen LogP) is 2.15. The van der Waals surface area contributed by atoms with Crippen LogP contribution in [0.5, 0.6) is 0 Å². The third kappa shape index (κ3) is 3.86. The maximum atomic E-state index is 14.2. The lowest BCUT2D eigenvalue weighted by atomic mass is 10.0. The van der Waals surface area contributed by atoms with Crippen LogP contribution in [-0.2, 0) is 6.54 Å². The quantitative estimate of drug-likeness (QED) is 0.337. The number of nitrogens with two attached hydrogens (primary N) is 1. The molecule has 0 amide bonds. The molecule has 0 unspecified atom stereocenters. The molecule has 1 fully saturated rings. The molecule has 110 valence electrons. The largest absolute Gasteiger partial charge is 0.409 e. The van der Waals surface area contributed by atoms with Crippen LogP contribution in [0.25, 0.3) is 0 Å². The molecule has 0 aromatic heterocycles. The summed E-state index contributed by atoms with van der Waals surface area (Å²) < 4.78 is 14.2. The summed E-state index contributed by atoms with van der Waals surface area (Å²) in [5.41, 5.74) is 6.13. The molecule has 0 atom stereocenters. The summed E-state index contributed by atoms with van der Waals surface area (Å²) >= 11 is 2.00. The number of oxime groups is 1. The number of nitrogens with one attached hydrogen (secondary N) is 1. The Kier molecular flexibility index (Phi) is 5.67. The van der Waals surface area contributed by atoms with Crippen LogP contribution in [0.1, 0.15) is 24.0 Å². The van der Waals surface area contributed by atoms with Gasteiger partial charge in [-0.25, -0.2) is 4.39 Å². The Morgan fingerprint density at radius 1 is 1.45 bits per heavy atom. The first kappa shape index (κ1) is 15.1. The second-order valence-corrected chi connectivity index (χ2v) is 6.18. The van der Waals surface area contributed by atoms with Crippen molar-refractivity contribution in [2.45, 2.75) is 19.4 Å². The van der Waals surface area contributed by atoms with Gasteiger partial charge < -0.3 is 16.3 Å². The van der Waals surface area contributed by atoms with Gasteiger partial charge in [-0.1, -0.05) is 17.3 Å². The summed E-state index contributed by atoms with van der Waals surface area (Å²) in [7, 11) is 0. The maximum Gasteiger partial charge on any atom is 0.173 e. The Labute approximate surface area is 122 Å². The monoisotopic (exact) mass is 297 g/mol. The third-order valence-electron chi connectivity index (χ3n) is 3.55. The standard InChI is InChI=1S/C14H20FN3OS/c15-13-11(2-1-3-12(13)14(16)18-19)9-17-8-10-4-6-20-7-5-10/h1-3,10,17,19H,4-9H2,(H2,16,18). The van der Waals surface area contributed by atoms with E-state index in [0.717, 1.165) is 6.54 Å². The summed E-state index contributed by atoms with van der Waals surface area (Å²) in [6.07, 6.45) is 2.45. The molecule has 0 spiro atoms. The average molecular weight is 297 g/mol. The minimum absolute atomic E-state index is 0.140. The van der Waals surface area contributed by atoms with Gasteiger partial charge in [-0.3, -0.25) is 0 Å². The van der Waals surface area contributed by atoms with E-state index in [4.69, 9.17) is 10.9 Å². The molecule has 0 radical (unpaired) electrons. The zero-order valence-electron chi connectivity index (χ0n) is 11.3. The topological polar surface area (TPSA) is 70.6 Å². The Balaban J connectivity index is 1.92. The Morgan fingerprint density at radius 3 is 2.90 bits per heavy atom. The highest BCUT2D eigenvalue weighted by Gasteiger charge is 2.14. The van der Waals surface area contributed by atoms with Crippen molar-refractivity contribution in [3.63, 3.8) is 0 Å². The Bertz CT molecular complexity index is 475. The fourth-order valence-electron chi connectivity index (χ4n) is 2.33. The van der Waals surface area contributed by atoms with Crippen molar-refractivity contribution in [3.8, 4) is 0 Å². The van der Waals surface area contributed by atoms with Crippen LogP contribution >= 0.6 is 11.8 Å². The van der Waals surface area contributed by atoms with E-state index in [1.54, 1.807) is 12.1 Å². The number of amidine groups is 1. The Hall–Kier alpha value is -1.27. The van der Waals surface area contributed by atoms with Gasteiger partial charge in [0, 0.05) is 12.1 Å². The van der Waals surface area contributed by atoms with E-state index in [-0.39, 0.29) is 11.4 Å². The lowest BCUT2D eigenvalue weighted by molar-refractivity contribution is 0.318. The summed E-state index contributed by atoms with van der Waals surface area (Å²) in [4.78, 5) is 0. The maximum absolute atomic E-state index is 14.2. The summed E-state index contributed by atoms with van der Waals surface area (Å²) in [5, 5.41) is 14.8. The molecule has 2 rings (SSSR count). The highest BCUT2D eigenvalue weighted by Crippen LogP contribution is 2.22. The van der Waals surface area contributed by atoms with E-state index in [1.165, 1.54) is 30.4 Å². The van der Waals surface area contributed by atoms with Gasteiger partial charge in [0.25, 0.3) is 0 Å². The zero-order valence-corrected chi connectivity index (χ0v) is 12.1. The molecule has 4 N–H and O–H groups in total. The van der Waals surface area contributed by atoms with Crippen molar-refractivity contribution in [1.29, 1.82) is 0 Å². The third-order valence-corrected chi connectivity index (χ3v) is 4.60. The molecule has 0 aliphatic carbocycles. The van der Waals surface area contributed by atoms with Gasteiger partial charge in [-0.05, 0) is 42.9 Å². The van der Waals surface area contributed by atoms with E-state index < -0.39 is 5.82 Å². The molecular weight excluding hydrogens is 277 g/mol. The lowest BCUT2D eigenvalue weighted by Gasteiger charge is -2.21. The van der Waals surface area contributed by atoms with Crippen LogP contribution in [0.4, 0.5) is 4.39 Å². The van der Waals surface area contributed by atoms with Gasteiger partial charge in [-0.2, -0.15) is 11.8 Å². The van der Waals surface area contributed by atoms with Gasteiger partial charge in [0.2, 0.25) is 0 Å². The first-order chi connectivity index (χ1) is 9.72. The fourth-order valence-corrected chi connectivity index (χ4v) is 3.53.